The Balaban J connectivity index is 1.67. The average Bonchev–Trinajstić information content (AvgIpc) is 3.26. The molecule has 2 aliphatic rings. The van der Waals surface area contributed by atoms with Crippen molar-refractivity contribution in [1.82, 2.24) is 0 Å². The summed E-state index contributed by atoms with van der Waals surface area (Å²) in [5.74, 6) is -1.22. The van der Waals surface area contributed by atoms with E-state index >= 15 is 0 Å². The van der Waals surface area contributed by atoms with E-state index in [-0.39, 0.29) is 5.91 Å². The van der Waals surface area contributed by atoms with Gasteiger partial charge >= 0.3 is 0 Å². The van der Waals surface area contributed by atoms with Crippen molar-refractivity contribution in [2.45, 2.75) is 83.8 Å². The van der Waals surface area contributed by atoms with E-state index in [4.69, 9.17) is 9.47 Å². The number of carbonyl (C=O) groups excluding carboxylic acids is 1. The molecule has 0 aliphatic carbocycles. The Morgan fingerprint density at radius 3 is 2.30 bits per heavy atom. The van der Waals surface area contributed by atoms with E-state index < -0.39 is 5.79 Å². The Morgan fingerprint density at radius 1 is 0.926 bits per heavy atom. The lowest BCUT2D eigenvalue weighted by Crippen LogP contribution is -2.41. The van der Waals surface area contributed by atoms with Gasteiger partial charge in [0.15, 0.2) is 0 Å². The minimum absolute atomic E-state index is 0.0337. The van der Waals surface area contributed by atoms with Crippen LogP contribution in [0.25, 0.3) is 0 Å². The standard InChI is InChI=1S/C23H35NO3/c1-3-5-7-8-9-10-11-15-24-21-14-13-19(12-6-4-2)18-20(21)23(22(24)25)26-16-17-27-23/h13-14,18H,3-12,15-17H2,1-2H3. The Morgan fingerprint density at radius 2 is 1.59 bits per heavy atom. The first-order valence-electron chi connectivity index (χ1n) is 11.0. The monoisotopic (exact) mass is 373 g/mol. The average molecular weight is 374 g/mol. The van der Waals surface area contributed by atoms with Crippen LogP contribution in [0.1, 0.15) is 82.8 Å². The first kappa shape index (κ1) is 20.3. The Labute approximate surface area is 164 Å². The van der Waals surface area contributed by atoms with Crippen LogP contribution < -0.4 is 4.90 Å². The van der Waals surface area contributed by atoms with Crippen molar-refractivity contribution >= 4 is 11.6 Å². The second kappa shape index (κ2) is 9.70. The van der Waals surface area contributed by atoms with Gasteiger partial charge in [-0.05, 0) is 37.0 Å². The summed E-state index contributed by atoms with van der Waals surface area (Å²) in [6.45, 7) is 6.16. The lowest BCUT2D eigenvalue weighted by atomic mass is 10.0. The summed E-state index contributed by atoms with van der Waals surface area (Å²) in [5, 5.41) is 0. The zero-order chi connectivity index (χ0) is 19.1. The summed E-state index contributed by atoms with van der Waals surface area (Å²) in [7, 11) is 0. The van der Waals surface area contributed by atoms with Gasteiger partial charge < -0.3 is 14.4 Å². The van der Waals surface area contributed by atoms with Crippen LogP contribution in [0.5, 0.6) is 0 Å². The molecule has 0 N–H and O–H groups in total. The number of ether oxygens (including phenoxy) is 2. The minimum Gasteiger partial charge on any atom is -0.336 e. The number of rotatable bonds is 11. The van der Waals surface area contributed by atoms with Crippen molar-refractivity contribution < 1.29 is 14.3 Å². The molecule has 4 nitrogen and oxygen atoms in total. The molecule has 0 aromatic heterocycles. The number of amides is 1. The summed E-state index contributed by atoms with van der Waals surface area (Å²) < 4.78 is 11.8. The predicted octanol–water partition coefficient (Wildman–Crippen LogP) is 5.33. The lowest BCUT2D eigenvalue weighted by molar-refractivity contribution is -0.180. The van der Waals surface area contributed by atoms with Gasteiger partial charge in [-0.3, -0.25) is 4.79 Å². The second-order valence-electron chi connectivity index (χ2n) is 7.85. The number of nitrogens with zero attached hydrogens (tertiary/aromatic N) is 1. The van der Waals surface area contributed by atoms with Crippen LogP contribution >= 0.6 is 0 Å². The maximum absolute atomic E-state index is 13.2. The molecule has 1 aromatic rings. The highest BCUT2D eigenvalue weighted by Gasteiger charge is 2.55. The van der Waals surface area contributed by atoms with E-state index in [1.807, 2.05) is 4.90 Å². The van der Waals surface area contributed by atoms with Gasteiger partial charge in [-0.1, -0.05) is 64.9 Å². The number of fused-ring (bicyclic) bond motifs is 2. The van der Waals surface area contributed by atoms with E-state index in [2.05, 4.69) is 32.0 Å². The van der Waals surface area contributed by atoms with E-state index in [0.717, 1.165) is 37.1 Å². The largest absolute Gasteiger partial charge is 0.336 e. The SMILES string of the molecule is CCCCCCCCCN1C(=O)C2(OCCO2)c2cc(CCCC)ccc21. The fourth-order valence-corrected chi connectivity index (χ4v) is 4.16. The highest BCUT2D eigenvalue weighted by atomic mass is 16.7. The molecule has 1 fully saturated rings. The van der Waals surface area contributed by atoms with Crippen molar-refractivity contribution in [3.8, 4) is 0 Å². The number of carbonyl (C=O) groups is 1. The van der Waals surface area contributed by atoms with E-state index in [0.29, 0.717) is 13.2 Å². The van der Waals surface area contributed by atoms with Gasteiger partial charge in [0.1, 0.15) is 0 Å². The predicted molar refractivity (Wildman–Crippen MR) is 109 cm³/mol. The van der Waals surface area contributed by atoms with E-state index in [1.165, 1.54) is 50.5 Å². The van der Waals surface area contributed by atoms with Gasteiger partial charge in [-0.2, -0.15) is 0 Å². The van der Waals surface area contributed by atoms with Gasteiger partial charge in [0.05, 0.1) is 18.9 Å². The van der Waals surface area contributed by atoms with Crippen molar-refractivity contribution in [2.24, 2.45) is 0 Å². The molecule has 150 valence electrons. The van der Waals surface area contributed by atoms with Gasteiger partial charge in [0.2, 0.25) is 0 Å². The molecule has 0 saturated carbocycles. The van der Waals surface area contributed by atoms with Crippen molar-refractivity contribution in [3.63, 3.8) is 0 Å². The molecular formula is C23H35NO3. The van der Waals surface area contributed by atoms with E-state index in [9.17, 15) is 4.79 Å². The quantitative estimate of drug-likeness (QED) is 0.492. The van der Waals surface area contributed by atoms with Crippen LogP contribution in [-0.4, -0.2) is 25.7 Å². The Bertz CT molecular complexity index is 622. The highest BCUT2D eigenvalue weighted by molar-refractivity contribution is 6.06. The number of anilines is 1. The third-order valence-corrected chi connectivity index (χ3v) is 5.73. The number of benzene rings is 1. The molecular weight excluding hydrogens is 338 g/mol. The molecule has 2 heterocycles. The third-order valence-electron chi connectivity index (χ3n) is 5.73. The number of hydrogen-bond acceptors (Lipinski definition) is 3. The lowest BCUT2D eigenvalue weighted by Gasteiger charge is -2.22. The van der Waals surface area contributed by atoms with E-state index in [1.54, 1.807) is 0 Å². The molecule has 2 aliphatic heterocycles. The number of hydrogen-bond donors (Lipinski definition) is 0. The molecule has 1 spiro atoms. The summed E-state index contributed by atoms with van der Waals surface area (Å²) in [5.41, 5.74) is 3.16. The third kappa shape index (κ3) is 4.38. The van der Waals surface area contributed by atoms with Crippen LogP contribution in [-0.2, 0) is 26.5 Å². The van der Waals surface area contributed by atoms with Crippen molar-refractivity contribution in [3.05, 3.63) is 29.3 Å². The molecule has 27 heavy (non-hydrogen) atoms. The van der Waals surface area contributed by atoms with Gasteiger partial charge in [0, 0.05) is 12.1 Å². The summed E-state index contributed by atoms with van der Waals surface area (Å²) in [6.07, 6.45) is 12.0. The van der Waals surface area contributed by atoms with Crippen LogP contribution in [0.2, 0.25) is 0 Å². The van der Waals surface area contributed by atoms with Crippen LogP contribution in [0.15, 0.2) is 18.2 Å². The molecule has 0 unspecified atom stereocenters. The van der Waals surface area contributed by atoms with Crippen molar-refractivity contribution in [1.29, 1.82) is 0 Å². The van der Waals surface area contributed by atoms with Crippen LogP contribution in [0.4, 0.5) is 5.69 Å². The fraction of sp³-hybridized carbons (Fsp3) is 0.696. The number of aryl methyl sites for hydroxylation is 1. The number of unbranched alkanes of at least 4 members (excludes halogenated alkanes) is 7. The smallest absolute Gasteiger partial charge is 0.292 e. The zero-order valence-corrected chi connectivity index (χ0v) is 17.1. The molecule has 3 rings (SSSR count). The summed E-state index contributed by atoms with van der Waals surface area (Å²) in [6, 6.07) is 6.39. The first-order valence-corrected chi connectivity index (χ1v) is 11.0. The van der Waals surface area contributed by atoms with Gasteiger partial charge in [-0.25, -0.2) is 0 Å². The van der Waals surface area contributed by atoms with Crippen LogP contribution in [0.3, 0.4) is 0 Å². The Kier molecular flexibility index (Phi) is 7.31. The normalized spacial score (nSPS) is 17.9. The van der Waals surface area contributed by atoms with Crippen LogP contribution in [0, 0.1) is 0 Å². The molecule has 0 bridgehead atoms. The maximum atomic E-state index is 13.2. The topological polar surface area (TPSA) is 38.8 Å². The maximum Gasteiger partial charge on any atom is 0.292 e. The van der Waals surface area contributed by atoms with Gasteiger partial charge in [-0.15, -0.1) is 0 Å². The molecule has 1 amide bonds. The molecule has 0 atom stereocenters. The molecule has 0 radical (unpaired) electrons. The zero-order valence-electron chi connectivity index (χ0n) is 17.1. The Hall–Kier alpha value is -1.39. The highest BCUT2D eigenvalue weighted by Crippen LogP contribution is 2.46. The molecule has 1 aromatic carbocycles. The summed E-state index contributed by atoms with van der Waals surface area (Å²) in [4.78, 5) is 15.1. The molecule has 4 heteroatoms. The molecule has 1 saturated heterocycles. The van der Waals surface area contributed by atoms with Crippen molar-refractivity contribution in [2.75, 3.05) is 24.7 Å². The first-order chi connectivity index (χ1) is 13.2. The minimum atomic E-state index is -1.18. The van der Waals surface area contributed by atoms with Gasteiger partial charge in [0.25, 0.3) is 11.7 Å². The summed E-state index contributed by atoms with van der Waals surface area (Å²) >= 11 is 0. The fourth-order valence-electron chi connectivity index (χ4n) is 4.16. The second-order valence-corrected chi connectivity index (χ2v) is 7.85.